The zero-order valence-electron chi connectivity index (χ0n) is 25.3. The van der Waals surface area contributed by atoms with Crippen LogP contribution in [0.25, 0.3) is 17.2 Å². The number of carbonyl (C=O) groups excluding carboxylic acids is 1. The molecule has 43 heavy (non-hydrogen) atoms. The van der Waals surface area contributed by atoms with Crippen molar-refractivity contribution >= 4 is 35.2 Å². The SMILES string of the molecule is CCCOCCOc1ccc(-c2ccc(OC)c(/C=C/C(=O)Nc3ccc([S@@+]([O-])CC4C(C)N=CN4CC)cc3)c2)cc1. The van der Waals surface area contributed by atoms with E-state index in [-0.39, 0.29) is 18.0 Å². The van der Waals surface area contributed by atoms with Gasteiger partial charge in [0.05, 0.1) is 32.1 Å². The van der Waals surface area contributed by atoms with E-state index in [9.17, 15) is 9.35 Å². The highest BCUT2D eigenvalue weighted by Gasteiger charge is 2.31. The predicted octanol–water partition coefficient (Wildman–Crippen LogP) is 6.05. The third kappa shape index (κ3) is 9.10. The second-order valence-electron chi connectivity index (χ2n) is 10.2. The first kappa shape index (κ1) is 32.1. The Morgan fingerprint density at radius 2 is 1.77 bits per heavy atom. The average molecular weight is 604 g/mol. The fourth-order valence-corrected chi connectivity index (χ4v) is 6.16. The van der Waals surface area contributed by atoms with Gasteiger partial charge in [0.2, 0.25) is 5.91 Å². The number of nitrogens with zero attached hydrogens (tertiary/aromatic N) is 2. The van der Waals surface area contributed by atoms with Crippen LogP contribution < -0.4 is 14.8 Å². The highest BCUT2D eigenvalue weighted by molar-refractivity contribution is 7.91. The first-order chi connectivity index (χ1) is 20.9. The zero-order chi connectivity index (χ0) is 30.6. The Morgan fingerprint density at radius 3 is 2.47 bits per heavy atom. The molecule has 0 aliphatic carbocycles. The molecule has 2 unspecified atom stereocenters. The van der Waals surface area contributed by atoms with Crippen LogP contribution in [-0.2, 0) is 20.7 Å². The molecule has 0 spiro atoms. The van der Waals surface area contributed by atoms with Crippen molar-refractivity contribution < 1.29 is 23.6 Å². The molecule has 228 valence electrons. The molecule has 1 aliphatic heterocycles. The number of amides is 1. The maximum Gasteiger partial charge on any atom is 0.248 e. The number of rotatable bonds is 15. The molecule has 4 rings (SSSR count). The van der Waals surface area contributed by atoms with Crippen molar-refractivity contribution in [3.63, 3.8) is 0 Å². The Hall–Kier alpha value is -3.79. The Labute approximate surface area is 257 Å². The first-order valence-electron chi connectivity index (χ1n) is 14.7. The van der Waals surface area contributed by atoms with E-state index in [1.54, 1.807) is 37.5 Å². The standard InChI is InChI=1S/C34H41N3O5S/c1-5-19-41-20-21-42-30-13-7-26(8-14-30)27-9-17-33(40-4)28(22-27)10-18-34(38)36-29-11-15-31(16-12-29)43(39)23-32-25(3)35-24-37(32)6-2/h7-18,22,24-25,32H,5-6,19-21,23H2,1-4H3,(H,36,38)/b18-10+/t25?,32?,43-/m0/s1. The van der Waals surface area contributed by atoms with E-state index < -0.39 is 11.2 Å². The summed E-state index contributed by atoms with van der Waals surface area (Å²) in [5, 5.41) is 2.88. The maximum atomic E-state index is 13.0. The summed E-state index contributed by atoms with van der Waals surface area (Å²) >= 11 is -1.17. The van der Waals surface area contributed by atoms with Gasteiger partial charge in [0.15, 0.2) is 4.90 Å². The number of benzene rings is 3. The molecule has 8 nitrogen and oxygen atoms in total. The predicted molar refractivity (Wildman–Crippen MR) is 175 cm³/mol. The van der Waals surface area contributed by atoms with Gasteiger partial charge >= 0.3 is 0 Å². The average Bonchev–Trinajstić information content (AvgIpc) is 3.38. The zero-order valence-corrected chi connectivity index (χ0v) is 26.1. The van der Waals surface area contributed by atoms with Crippen molar-refractivity contribution in [2.24, 2.45) is 4.99 Å². The number of nitrogens with one attached hydrogen (secondary N) is 1. The molecule has 0 bridgehead atoms. The summed E-state index contributed by atoms with van der Waals surface area (Å²) < 4.78 is 29.7. The molecule has 3 aromatic carbocycles. The van der Waals surface area contributed by atoms with E-state index in [0.717, 1.165) is 46.9 Å². The van der Waals surface area contributed by atoms with Gasteiger partial charge < -0.3 is 29.0 Å². The molecular weight excluding hydrogens is 562 g/mol. The lowest BCUT2D eigenvalue weighted by molar-refractivity contribution is -0.111. The molecule has 1 heterocycles. The second kappa shape index (κ2) is 16.2. The van der Waals surface area contributed by atoms with E-state index in [1.807, 2.05) is 55.7 Å². The Balaban J connectivity index is 1.34. The van der Waals surface area contributed by atoms with Crippen LogP contribution >= 0.6 is 0 Å². The number of ether oxygens (including phenoxy) is 3. The van der Waals surface area contributed by atoms with Crippen molar-refractivity contribution in [1.82, 2.24) is 4.90 Å². The van der Waals surface area contributed by atoms with Gasteiger partial charge in [0.25, 0.3) is 0 Å². The van der Waals surface area contributed by atoms with E-state index in [0.29, 0.717) is 30.4 Å². The highest BCUT2D eigenvalue weighted by atomic mass is 32.2. The lowest BCUT2D eigenvalue weighted by Gasteiger charge is -2.26. The third-order valence-electron chi connectivity index (χ3n) is 7.18. The summed E-state index contributed by atoms with van der Waals surface area (Å²) in [4.78, 5) is 20.0. The molecule has 3 atom stereocenters. The molecule has 9 heteroatoms. The van der Waals surface area contributed by atoms with Crippen molar-refractivity contribution in [3.8, 4) is 22.6 Å². The van der Waals surface area contributed by atoms with Crippen molar-refractivity contribution in [3.05, 3.63) is 78.4 Å². The van der Waals surface area contributed by atoms with Crippen molar-refractivity contribution in [2.45, 2.75) is 44.2 Å². The fourth-order valence-electron chi connectivity index (χ4n) is 4.75. The Bertz CT molecular complexity index is 1380. The van der Waals surface area contributed by atoms with Crippen molar-refractivity contribution in [2.75, 3.05) is 44.5 Å². The molecule has 0 saturated carbocycles. The normalized spacial score (nSPS) is 16.9. The van der Waals surface area contributed by atoms with Gasteiger partial charge in [-0.15, -0.1) is 0 Å². The Morgan fingerprint density at radius 1 is 1.02 bits per heavy atom. The third-order valence-corrected chi connectivity index (χ3v) is 8.62. The minimum absolute atomic E-state index is 0.120. The summed E-state index contributed by atoms with van der Waals surface area (Å²) in [7, 11) is 1.61. The van der Waals surface area contributed by atoms with E-state index in [4.69, 9.17) is 14.2 Å². The van der Waals surface area contributed by atoms with E-state index in [1.165, 1.54) is 6.08 Å². The number of carbonyl (C=O) groups is 1. The molecule has 0 radical (unpaired) electrons. The molecule has 0 saturated heterocycles. The van der Waals surface area contributed by atoms with Crippen LogP contribution in [0.4, 0.5) is 5.69 Å². The molecule has 1 amide bonds. The molecule has 3 aromatic rings. The topological polar surface area (TPSA) is 95.5 Å². The smallest absolute Gasteiger partial charge is 0.248 e. The van der Waals surface area contributed by atoms with E-state index >= 15 is 0 Å². The summed E-state index contributed by atoms with van der Waals surface area (Å²) in [6, 6.07) is 21.1. The van der Waals surface area contributed by atoms with Gasteiger partial charge in [-0.25, -0.2) is 0 Å². The van der Waals surface area contributed by atoms with Gasteiger partial charge in [-0.2, -0.15) is 0 Å². The van der Waals surface area contributed by atoms with Gasteiger partial charge in [0.1, 0.15) is 23.9 Å². The highest BCUT2D eigenvalue weighted by Crippen LogP contribution is 2.29. The van der Waals surface area contributed by atoms with Crippen LogP contribution in [0.2, 0.25) is 0 Å². The van der Waals surface area contributed by atoms with Crippen LogP contribution in [0.5, 0.6) is 11.5 Å². The Kier molecular flexibility index (Phi) is 12.1. The molecule has 0 aromatic heterocycles. The van der Waals surface area contributed by atoms with E-state index in [2.05, 4.69) is 29.1 Å². The second-order valence-corrected chi connectivity index (χ2v) is 11.7. The largest absolute Gasteiger partial charge is 0.611 e. The van der Waals surface area contributed by atoms with Gasteiger partial charge in [0, 0.05) is 30.5 Å². The van der Waals surface area contributed by atoms with Crippen LogP contribution in [-0.4, -0.2) is 73.0 Å². The first-order valence-corrected chi connectivity index (χ1v) is 16.0. The summed E-state index contributed by atoms with van der Waals surface area (Å²) in [6.07, 6.45) is 6.06. The monoisotopic (exact) mass is 603 g/mol. The number of hydrogen-bond acceptors (Lipinski definition) is 7. The lowest BCUT2D eigenvalue weighted by Crippen LogP contribution is -2.40. The van der Waals surface area contributed by atoms with Gasteiger partial charge in [-0.1, -0.05) is 25.1 Å². The minimum Gasteiger partial charge on any atom is -0.611 e. The number of aliphatic imine (C=N–C) groups is 1. The van der Waals surface area contributed by atoms with Crippen LogP contribution in [0.15, 0.2) is 82.7 Å². The van der Waals surface area contributed by atoms with Crippen LogP contribution in [0.3, 0.4) is 0 Å². The summed E-state index contributed by atoms with van der Waals surface area (Å²) in [5.41, 5.74) is 3.41. The summed E-state index contributed by atoms with van der Waals surface area (Å²) in [5.74, 6) is 1.68. The minimum atomic E-state index is -1.17. The number of methoxy groups -OCH3 is 1. The number of likely N-dealkylation sites (N-methyl/N-ethyl adjacent to an activating group) is 1. The quantitative estimate of drug-likeness (QED) is 0.129. The maximum absolute atomic E-state index is 13.0. The number of anilines is 1. The summed E-state index contributed by atoms with van der Waals surface area (Å²) in [6.45, 7) is 8.85. The lowest BCUT2D eigenvalue weighted by atomic mass is 10.0. The van der Waals surface area contributed by atoms with Crippen LogP contribution in [0, 0.1) is 0 Å². The molecular formula is C34H41N3O5S. The number of hydrogen-bond donors (Lipinski definition) is 1. The molecule has 1 N–H and O–H groups in total. The van der Waals surface area contributed by atoms with Gasteiger partial charge in [-0.3, -0.25) is 9.79 Å². The van der Waals surface area contributed by atoms with Gasteiger partial charge in [-0.05, 0) is 97.2 Å². The van der Waals surface area contributed by atoms with Crippen molar-refractivity contribution in [1.29, 1.82) is 0 Å². The molecule has 1 aliphatic rings. The molecule has 0 fully saturated rings. The fraction of sp³-hybridized carbons (Fsp3) is 0.353. The van der Waals surface area contributed by atoms with Crippen LogP contribution in [0.1, 0.15) is 32.8 Å².